The Labute approximate surface area is 74.3 Å². The van der Waals surface area contributed by atoms with Gasteiger partial charge >= 0.3 is 0 Å². The largest absolute Gasteiger partial charge is 0.290 e. The van der Waals surface area contributed by atoms with Crippen LogP contribution in [0.25, 0.3) is 0 Å². The fourth-order valence-corrected chi connectivity index (χ4v) is 0.914. The number of Topliss-reactive ketones (excluding diaryl/α,β-unsaturated/α-hetero) is 1. The van der Waals surface area contributed by atoms with Crippen LogP contribution in [0.2, 0.25) is 0 Å². The van der Waals surface area contributed by atoms with Crippen molar-refractivity contribution in [3.05, 3.63) is 40.8 Å². The summed E-state index contributed by atoms with van der Waals surface area (Å²) in [6.07, 6.45) is 0. The van der Waals surface area contributed by atoms with Crippen LogP contribution >= 0.6 is 11.6 Å². The number of carbonyl (C=O) groups is 1. The molecular weight excluding hydrogens is 178 g/mol. The Bertz CT molecular complexity index is 286. The minimum atomic E-state index is -1.31. The average molecular weight is 184 g/mol. The third-order valence-electron chi connectivity index (χ3n) is 1.37. The van der Waals surface area contributed by atoms with Crippen molar-refractivity contribution in [3.63, 3.8) is 0 Å². The predicted molar refractivity (Wildman–Crippen MR) is 46.2 cm³/mol. The van der Waals surface area contributed by atoms with Gasteiger partial charge in [-0.05, 0) is 5.18 Å². The number of rotatable bonds is 3. The van der Waals surface area contributed by atoms with Crippen LogP contribution in [0.5, 0.6) is 0 Å². The number of hydrogen-bond acceptors (Lipinski definition) is 3. The van der Waals surface area contributed by atoms with E-state index in [1.54, 1.807) is 30.3 Å². The Balaban J connectivity index is 2.85. The first-order valence-corrected chi connectivity index (χ1v) is 3.75. The first-order valence-electron chi connectivity index (χ1n) is 3.31. The van der Waals surface area contributed by atoms with Crippen molar-refractivity contribution >= 4 is 17.4 Å². The zero-order valence-corrected chi connectivity index (χ0v) is 6.86. The molecule has 1 aromatic rings. The molecule has 3 nitrogen and oxygen atoms in total. The first kappa shape index (κ1) is 8.87. The molecule has 0 aliphatic carbocycles. The van der Waals surface area contributed by atoms with Crippen molar-refractivity contribution in [1.29, 1.82) is 0 Å². The maximum atomic E-state index is 11.2. The lowest BCUT2D eigenvalue weighted by molar-refractivity contribution is 0.0989. The predicted octanol–water partition coefficient (Wildman–Crippen LogP) is 2.20. The molecule has 62 valence electrons. The second-order valence-electron chi connectivity index (χ2n) is 2.17. The van der Waals surface area contributed by atoms with Gasteiger partial charge in [-0.2, -0.15) is 0 Å². The van der Waals surface area contributed by atoms with Gasteiger partial charge in [0.05, 0.1) is 0 Å². The van der Waals surface area contributed by atoms with Crippen molar-refractivity contribution in [3.8, 4) is 0 Å². The molecule has 1 rings (SSSR count). The van der Waals surface area contributed by atoms with Crippen LogP contribution in [-0.2, 0) is 0 Å². The summed E-state index contributed by atoms with van der Waals surface area (Å²) in [6.45, 7) is 0. The van der Waals surface area contributed by atoms with Crippen LogP contribution in [0.1, 0.15) is 10.4 Å². The molecule has 0 spiro atoms. The third kappa shape index (κ3) is 1.89. The summed E-state index contributed by atoms with van der Waals surface area (Å²) in [7, 11) is 0. The SMILES string of the molecule is O=N[C@@H](Cl)C(=O)c1ccccc1. The molecule has 12 heavy (non-hydrogen) atoms. The standard InChI is InChI=1S/C8H6ClNO2/c9-8(10-12)7(11)6-4-2-1-3-5-6/h1-5,8H/t8-/m1/s1. The summed E-state index contributed by atoms with van der Waals surface area (Å²) >= 11 is 5.32. The molecule has 0 N–H and O–H groups in total. The number of halogens is 1. The molecule has 0 bridgehead atoms. The van der Waals surface area contributed by atoms with E-state index in [0.29, 0.717) is 5.56 Å². The quantitative estimate of drug-likeness (QED) is 0.312. The van der Waals surface area contributed by atoms with Crippen molar-refractivity contribution in [2.75, 3.05) is 0 Å². The highest BCUT2D eigenvalue weighted by molar-refractivity contribution is 6.33. The summed E-state index contributed by atoms with van der Waals surface area (Å²) < 4.78 is 0. The van der Waals surface area contributed by atoms with Gasteiger partial charge in [-0.1, -0.05) is 41.9 Å². The van der Waals surface area contributed by atoms with Gasteiger partial charge in [-0.3, -0.25) is 4.79 Å². The van der Waals surface area contributed by atoms with E-state index in [9.17, 15) is 9.70 Å². The van der Waals surface area contributed by atoms with E-state index in [1.807, 2.05) is 0 Å². The Kier molecular flexibility index (Phi) is 2.94. The molecule has 0 aliphatic rings. The minimum Gasteiger partial charge on any atom is -0.290 e. The minimum absolute atomic E-state index is 0.400. The highest BCUT2D eigenvalue weighted by Crippen LogP contribution is 2.08. The smallest absolute Gasteiger partial charge is 0.227 e. The van der Waals surface area contributed by atoms with Gasteiger partial charge in [0.1, 0.15) is 0 Å². The third-order valence-corrected chi connectivity index (χ3v) is 1.65. The molecule has 0 saturated carbocycles. The van der Waals surface area contributed by atoms with Gasteiger partial charge in [-0.25, -0.2) is 0 Å². The van der Waals surface area contributed by atoms with Crippen LogP contribution in [0, 0.1) is 4.91 Å². The molecule has 0 fully saturated rings. The zero-order valence-electron chi connectivity index (χ0n) is 6.11. The van der Waals surface area contributed by atoms with Crippen molar-refractivity contribution in [2.45, 2.75) is 5.50 Å². The Morgan fingerprint density at radius 1 is 1.33 bits per heavy atom. The van der Waals surface area contributed by atoms with E-state index in [-0.39, 0.29) is 0 Å². The van der Waals surface area contributed by atoms with E-state index < -0.39 is 11.3 Å². The van der Waals surface area contributed by atoms with Gasteiger partial charge in [0.25, 0.3) is 0 Å². The lowest BCUT2D eigenvalue weighted by Crippen LogP contribution is -2.10. The highest BCUT2D eigenvalue weighted by Gasteiger charge is 2.16. The average Bonchev–Trinajstić information content (AvgIpc) is 2.17. The molecule has 0 saturated heterocycles. The van der Waals surface area contributed by atoms with E-state index in [2.05, 4.69) is 5.18 Å². The van der Waals surface area contributed by atoms with Gasteiger partial charge in [0.2, 0.25) is 11.3 Å². The molecular formula is C8H6ClNO2. The second kappa shape index (κ2) is 3.97. The molecule has 0 aromatic heterocycles. The number of carbonyl (C=O) groups excluding carboxylic acids is 1. The molecule has 1 aromatic carbocycles. The van der Waals surface area contributed by atoms with Gasteiger partial charge in [-0.15, -0.1) is 4.91 Å². The highest BCUT2D eigenvalue weighted by atomic mass is 35.5. The monoisotopic (exact) mass is 183 g/mol. The first-order chi connectivity index (χ1) is 5.75. The molecule has 0 unspecified atom stereocenters. The molecule has 0 radical (unpaired) electrons. The lowest BCUT2D eigenvalue weighted by Gasteiger charge is -1.98. The van der Waals surface area contributed by atoms with Crippen LogP contribution in [0.3, 0.4) is 0 Å². The second-order valence-corrected chi connectivity index (χ2v) is 2.58. The summed E-state index contributed by atoms with van der Waals surface area (Å²) in [5, 5.41) is 2.43. The number of alkyl halides is 1. The normalized spacial score (nSPS) is 12.1. The van der Waals surface area contributed by atoms with Crippen molar-refractivity contribution < 1.29 is 4.79 Å². The molecule has 4 heteroatoms. The van der Waals surface area contributed by atoms with Crippen molar-refractivity contribution in [2.24, 2.45) is 5.18 Å². The summed E-state index contributed by atoms with van der Waals surface area (Å²) in [5.74, 6) is -0.465. The molecule has 0 aliphatic heterocycles. The van der Waals surface area contributed by atoms with E-state index in [1.165, 1.54) is 0 Å². The van der Waals surface area contributed by atoms with E-state index >= 15 is 0 Å². The van der Waals surface area contributed by atoms with Crippen molar-refractivity contribution in [1.82, 2.24) is 0 Å². The number of nitroso groups, excluding NO2 is 1. The topological polar surface area (TPSA) is 46.5 Å². The fraction of sp³-hybridized carbons (Fsp3) is 0.125. The maximum Gasteiger partial charge on any atom is 0.227 e. The summed E-state index contributed by atoms with van der Waals surface area (Å²) in [5.41, 5.74) is -0.912. The number of hydrogen-bond donors (Lipinski definition) is 0. The lowest BCUT2D eigenvalue weighted by atomic mass is 10.1. The molecule has 1 atom stereocenters. The molecule has 0 heterocycles. The fourth-order valence-electron chi connectivity index (χ4n) is 0.788. The van der Waals surface area contributed by atoms with Crippen LogP contribution < -0.4 is 0 Å². The number of ketones is 1. The van der Waals surface area contributed by atoms with Gasteiger partial charge in [0, 0.05) is 5.56 Å². The molecule has 0 amide bonds. The number of benzene rings is 1. The van der Waals surface area contributed by atoms with Crippen LogP contribution in [0.4, 0.5) is 0 Å². The Morgan fingerprint density at radius 3 is 2.42 bits per heavy atom. The summed E-state index contributed by atoms with van der Waals surface area (Å²) in [4.78, 5) is 21.1. The van der Waals surface area contributed by atoms with Crippen LogP contribution in [-0.4, -0.2) is 11.3 Å². The van der Waals surface area contributed by atoms with Gasteiger partial charge < -0.3 is 0 Å². The van der Waals surface area contributed by atoms with E-state index in [0.717, 1.165) is 0 Å². The Hall–Kier alpha value is -1.22. The Morgan fingerprint density at radius 2 is 1.92 bits per heavy atom. The number of nitrogens with zero attached hydrogens (tertiary/aromatic N) is 1. The summed E-state index contributed by atoms with van der Waals surface area (Å²) in [6, 6.07) is 8.34. The van der Waals surface area contributed by atoms with Gasteiger partial charge in [0.15, 0.2) is 0 Å². The maximum absolute atomic E-state index is 11.2. The van der Waals surface area contributed by atoms with Crippen LogP contribution in [0.15, 0.2) is 35.5 Å². The zero-order chi connectivity index (χ0) is 8.97. The van der Waals surface area contributed by atoms with E-state index in [4.69, 9.17) is 11.6 Å².